The molecular weight excluding hydrogens is 232 g/mol. The van der Waals surface area contributed by atoms with Crippen molar-refractivity contribution in [2.45, 2.75) is 12.2 Å². The molecule has 2 rings (SSSR count). The molecule has 5 heteroatoms. The first kappa shape index (κ1) is 10.5. The van der Waals surface area contributed by atoms with E-state index in [1.165, 1.54) is 11.8 Å². The summed E-state index contributed by atoms with van der Waals surface area (Å²) in [5, 5.41) is 3.97. The summed E-state index contributed by atoms with van der Waals surface area (Å²) in [4.78, 5) is 15.5. The molecule has 0 aromatic heterocycles. The largest absolute Gasteiger partial charge is 0.304 e. The molecule has 1 atom stereocenters. The number of thioether (sulfide) groups is 1. The van der Waals surface area contributed by atoms with E-state index in [1.807, 2.05) is 19.1 Å². The highest BCUT2D eigenvalue weighted by Gasteiger charge is 2.25. The Morgan fingerprint density at radius 3 is 2.60 bits per heavy atom. The smallest absolute Gasteiger partial charge is 0.239 e. The minimum absolute atomic E-state index is 0.00714. The van der Waals surface area contributed by atoms with Crippen LogP contribution in [0.15, 0.2) is 29.3 Å². The van der Waals surface area contributed by atoms with E-state index in [1.54, 1.807) is 12.1 Å². The van der Waals surface area contributed by atoms with Crippen LogP contribution < -0.4 is 5.32 Å². The van der Waals surface area contributed by atoms with Crippen molar-refractivity contribution < 1.29 is 4.79 Å². The predicted molar refractivity (Wildman–Crippen MR) is 63.7 cm³/mol. The van der Waals surface area contributed by atoms with Crippen LogP contribution in [0.2, 0.25) is 5.02 Å². The highest BCUT2D eigenvalue weighted by atomic mass is 35.5. The Balaban J connectivity index is 2.17. The number of rotatable bonds is 1. The molecule has 1 N–H and O–H groups in total. The van der Waals surface area contributed by atoms with Crippen molar-refractivity contribution in [2.24, 2.45) is 4.99 Å². The molecule has 0 unspecified atom stereocenters. The van der Waals surface area contributed by atoms with Gasteiger partial charge in [0, 0.05) is 5.02 Å². The number of nitrogens with zero attached hydrogens (tertiary/aromatic N) is 1. The third kappa shape index (κ3) is 2.52. The number of carbonyl (C=O) groups is 1. The quantitative estimate of drug-likeness (QED) is 0.820. The second-order valence-corrected chi connectivity index (χ2v) is 4.91. The van der Waals surface area contributed by atoms with Crippen LogP contribution in [0.1, 0.15) is 6.92 Å². The van der Waals surface area contributed by atoms with Gasteiger partial charge in [0.2, 0.25) is 5.91 Å². The number of hydrogen-bond donors (Lipinski definition) is 1. The normalized spacial score (nSPS) is 23.2. The average molecular weight is 241 g/mol. The lowest BCUT2D eigenvalue weighted by molar-refractivity contribution is -0.118. The van der Waals surface area contributed by atoms with Gasteiger partial charge in [0.1, 0.15) is 0 Å². The standard InChI is InChI=1S/C10H9ClN2OS/c1-6-9(14)13-10(15-6)12-8-4-2-7(11)3-5-8/h2-6H,1H3,(H,12,13,14)/t6-/m1/s1. The van der Waals surface area contributed by atoms with Crippen molar-refractivity contribution in [3.63, 3.8) is 0 Å². The summed E-state index contributed by atoms with van der Waals surface area (Å²) >= 11 is 7.18. The lowest BCUT2D eigenvalue weighted by Crippen LogP contribution is -2.23. The first-order valence-corrected chi connectivity index (χ1v) is 5.73. The molecule has 1 aliphatic rings. The van der Waals surface area contributed by atoms with Crippen molar-refractivity contribution in [1.82, 2.24) is 5.32 Å². The predicted octanol–water partition coefficient (Wildman–Crippen LogP) is 2.58. The van der Waals surface area contributed by atoms with E-state index in [2.05, 4.69) is 10.3 Å². The number of aliphatic imine (C=N–C) groups is 1. The summed E-state index contributed by atoms with van der Waals surface area (Å²) < 4.78 is 0. The molecule has 0 radical (unpaired) electrons. The molecule has 1 fully saturated rings. The van der Waals surface area contributed by atoms with E-state index in [0.29, 0.717) is 10.2 Å². The molecule has 1 aliphatic heterocycles. The Morgan fingerprint density at radius 1 is 1.40 bits per heavy atom. The van der Waals surface area contributed by atoms with Gasteiger partial charge in [0.15, 0.2) is 5.17 Å². The number of amides is 1. The summed E-state index contributed by atoms with van der Waals surface area (Å²) in [6.07, 6.45) is 0. The number of benzene rings is 1. The van der Waals surface area contributed by atoms with Crippen LogP contribution in [-0.4, -0.2) is 16.3 Å². The fourth-order valence-corrected chi connectivity index (χ4v) is 2.09. The Hall–Kier alpha value is -1.00. The Kier molecular flexibility index (Phi) is 2.98. The number of carbonyl (C=O) groups excluding carboxylic acids is 1. The van der Waals surface area contributed by atoms with Crippen LogP contribution in [-0.2, 0) is 4.79 Å². The maximum Gasteiger partial charge on any atom is 0.239 e. The third-order valence-corrected chi connectivity index (χ3v) is 3.18. The summed E-state index contributed by atoms with van der Waals surface area (Å²) in [5.41, 5.74) is 0.788. The molecule has 78 valence electrons. The minimum Gasteiger partial charge on any atom is -0.304 e. The molecule has 0 aliphatic carbocycles. The zero-order valence-corrected chi connectivity index (χ0v) is 9.60. The zero-order valence-electron chi connectivity index (χ0n) is 8.03. The van der Waals surface area contributed by atoms with Crippen LogP contribution >= 0.6 is 23.4 Å². The SMILES string of the molecule is C[C@H]1SC(=Nc2ccc(Cl)cc2)NC1=O. The first-order chi connectivity index (χ1) is 7.15. The summed E-state index contributed by atoms with van der Waals surface area (Å²) in [6.45, 7) is 1.85. The summed E-state index contributed by atoms with van der Waals surface area (Å²) in [7, 11) is 0. The van der Waals surface area contributed by atoms with Crippen LogP contribution in [0.5, 0.6) is 0 Å². The molecule has 1 heterocycles. The van der Waals surface area contributed by atoms with E-state index < -0.39 is 0 Å². The van der Waals surface area contributed by atoms with Gasteiger partial charge < -0.3 is 5.32 Å². The topological polar surface area (TPSA) is 41.5 Å². The van der Waals surface area contributed by atoms with Crippen LogP contribution in [0.4, 0.5) is 5.69 Å². The second-order valence-electron chi connectivity index (χ2n) is 3.14. The minimum atomic E-state index is -0.0592. The average Bonchev–Trinajstić information content (AvgIpc) is 2.50. The first-order valence-electron chi connectivity index (χ1n) is 4.47. The van der Waals surface area contributed by atoms with Gasteiger partial charge in [0.25, 0.3) is 0 Å². The summed E-state index contributed by atoms with van der Waals surface area (Å²) in [5.74, 6) is 0.00714. The fourth-order valence-electron chi connectivity index (χ4n) is 1.14. The van der Waals surface area contributed by atoms with Gasteiger partial charge in [-0.25, -0.2) is 4.99 Å². The van der Waals surface area contributed by atoms with Crippen molar-refractivity contribution >= 4 is 40.1 Å². The third-order valence-electron chi connectivity index (χ3n) is 1.95. The van der Waals surface area contributed by atoms with E-state index in [4.69, 9.17) is 11.6 Å². The van der Waals surface area contributed by atoms with Crippen molar-refractivity contribution in [3.8, 4) is 0 Å². The molecule has 15 heavy (non-hydrogen) atoms. The summed E-state index contributed by atoms with van der Waals surface area (Å²) in [6, 6.07) is 7.16. The van der Waals surface area contributed by atoms with Crippen molar-refractivity contribution in [3.05, 3.63) is 29.3 Å². The van der Waals surface area contributed by atoms with Gasteiger partial charge in [-0.15, -0.1) is 0 Å². The Morgan fingerprint density at radius 2 is 2.07 bits per heavy atom. The highest BCUT2D eigenvalue weighted by Crippen LogP contribution is 2.23. The van der Waals surface area contributed by atoms with Crippen LogP contribution in [0, 0.1) is 0 Å². The van der Waals surface area contributed by atoms with Gasteiger partial charge in [0.05, 0.1) is 10.9 Å². The van der Waals surface area contributed by atoms with E-state index >= 15 is 0 Å². The van der Waals surface area contributed by atoms with Gasteiger partial charge in [-0.1, -0.05) is 23.4 Å². The number of hydrogen-bond acceptors (Lipinski definition) is 3. The van der Waals surface area contributed by atoms with Gasteiger partial charge in [-0.2, -0.15) is 0 Å². The fraction of sp³-hybridized carbons (Fsp3) is 0.200. The number of nitrogens with one attached hydrogen (secondary N) is 1. The molecule has 0 bridgehead atoms. The van der Waals surface area contributed by atoms with E-state index in [-0.39, 0.29) is 11.2 Å². The van der Waals surface area contributed by atoms with Gasteiger partial charge in [-0.3, -0.25) is 4.79 Å². The monoisotopic (exact) mass is 240 g/mol. The van der Waals surface area contributed by atoms with Gasteiger partial charge >= 0.3 is 0 Å². The number of amidine groups is 1. The second kappa shape index (κ2) is 4.24. The molecule has 1 amide bonds. The van der Waals surface area contributed by atoms with Gasteiger partial charge in [-0.05, 0) is 31.2 Å². The Labute approximate surface area is 96.9 Å². The van der Waals surface area contributed by atoms with E-state index in [9.17, 15) is 4.79 Å². The molecule has 1 saturated heterocycles. The molecular formula is C10H9ClN2OS. The highest BCUT2D eigenvalue weighted by molar-refractivity contribution is 8.15. The molecule has 3 nitrogen and oxygen atoms in total. The van der Waals surface area contributed by atoms with Crippen molar-refractivity contribution in [2.75, 3.05) is 0 Å². The van der Waals surface area contributed by atoms with Crippen LogP contribution in [0.3, 0.4) is 0 Å². The van der Waals surface area contributed by atoms with Crippen LogP contribution in [0.25, 0.3) is 0 Å². The molecule has 0 spiro atoms. The lowest BCUT2D eigenvalue weighted by atomic mass is 10.3. The molecule has 0 saturated carbocycles. The maximum atomic E-state index is 11.2. The van der Waals surface area contributed by atoms with Crippen molar-refractivity contribution in [1.29, 1.82) is 0 Å². The maximum absolute atomic E-state index is 11.2. The van der Waals surface area contributed by atoms with E-state index in [0.717, 1.165) is 5.69 Å². The molecule has 1 aromatic rings. The zero-order chi connectivity index (χ0) is 10.8. The molecule has 1 aromatic carbocycles. The lowest BCUT2D eigenvalue weighted by Gasteiger charge is -1.96. The number of halogens is 1. The Bertz CT molecular complexity index is 416.